The molecular formula is C20H28N2O4. The Hall–Kier alpha value is -1.79. The molecule has 142 valence electrons. The van der Waals surface area contributed by atoms with Gasteiger partial charge in [-0.25, -0.2) is 0 Å². The number of fused-ring (bicyclic) bond motifs is 1. The van der Waals surface area contributed by atoms with Crippen LogP contribution in [0.2, 0.25) is 0 Å². The van der Waals surface area contributed by atoms with Gasteiger partial charge in [0.15, 0.2) is 11.5 Å². The number of carbonyl (C=O) groups excluding carboxylic acids is 1. The van der Waals surface area contributed by atoms with E-state index < -0.39 is 0 Å². The predicted molar refractivity (Wildman–Crippen MR) is 97.9 cm³/mol. The summed E-state index contributed by atoms with van der Waals surface area (Å²) in [5.74, 6) is 2.04. The van der Waals surface area contributed by atoms with Crippen molar-refractivity contribution in [3.63, 3.8) is 0 Å². The Kier molecular flexibility index (Phi) is 4.80. The van der Waals surface area contributed by atoms with E-state index in [1.165, 1.54) is 6.42 Å². The summed E-state index contributed by atoms with van der Waals surface area (Å²) in [6.07, 6.45) is 3.07. The molecule has 2 saturated heterocycles. The Balaban J connectivity index is 1.34. The number of likely N-dealkylation sites (tertiary alicyclic amines) is 1. The van der Waals surface area contributed by atoms with Gasteiger partial charge in [-0.1, -0.05) is 0 Å². The lowest BCUT2D eigenvalue weighted by atomic mass is 9.82. The maximum atomic E-state index is 12.8. The second-order valence-corrected chi connectivity index (χ2v) is 8.03. The Morgan fingerprint density at radius 1 is 1.23 bits per heavy atom. The number of amides is 1. The van der Waals surface area contributed by atoms with Crippen LogP contribution in [0.3, 0.4) is 0 Å². The molecule has 26 heavy (non-hydrogen) atoms. The number of hydrogen-bond donors (Lipinski definition) is 0. The highest BCUT2D eigenvalue weighted by molar-refractivity contribution is 5.95. The van der Waals surface area contributed by atoms with E-state index in [4.69, 9.17) is 14.2 Å². The highest BCUT2D eigenvalue weighted by Gasteiger charge is 2.48. The molecule has 0 bridgehead atoms. The van der Waals surface area contributed by atoms with Crippen LogP contribution in [0.1, 0.15) is 29.6 Å². The summed E-state index contributed by atoms with van der Waals surface area (Å²) in [4.78, 5) is 16.9. The molecule has 4 rings (SSSR count). The van der Waals surface area contributed by atoms with Crippen molar-refractivity contribution < 1.29 is 19.0 Å². The first kappa shape index (κ1) is 17.6. The van der Waals surface area contributed by atoms with Gasteiger partial charge in [0.05, 0.1) is 32.9 Å². The number of carbonyl (C=O) groups is 1. The first-order valence-electron chi connectivity index (χ1n) is 9.52. The van der Waals surface area contributed by atoms with Crippen LogP contribution in [0.5, 0.6) is 11.5 Å². The highest BCUT2D eigenvalue weighted by atomic mass is 16.5. The van der Waals surface area contributed by atoms with Crippen molar-refractivity contribution in [1.29, 1.82) is 0 Å². The summed E-state index contributed by atoms with van der Waals surface area (Å²) in [5, 5.41) is 0. The predicted octanol–water partition coefficient (Wildman–Crippen LogP) is 2.03. The minimum absolute atomic E-state index is 0.0466. The average molecular weight is 360 g/mol. The van der Waals surface area contributed by atoms with Crippen LogP contribution in [0, 0.1) is 5.92 Å². The quantitative estimate of drug-likeness (QED) is 0.826. The summed E-state index contributed by atoms with van der Waals surface area (Å²) in [5.41, 5.74) is 0.537. The maximum Gasteiger partial charge on any atom is 0.254 e. The molecule has 2 fully saturated rings. The Bertz CT molecular complexity index is 660. The molecule has 0 saturated carbocycles. The lowest BCUT2D eigenvalue weighted by Gasteiger charge is -2.53. The van der Waals surface area contributed by atoms with Gasteiger partial charge >= 0.3 is 0 Å². The van der Waals surface area contributed by atoms with Crippen LogP contribution in [-0.4, -0.2) is 74.9 Å². The Labute approximate surface area is 155 Å². The number of ether oxygens (including phenoxy) is 3. The van der Waals surface area contributed by atoms with Gasteiger partial charge in [0.2, 0.25) is 0 Å². The van der Waals surface area contributed by atoms with E-state index in [1.807, 2.05) is 23.1 Å². The molecule has 0 N–H and O–H groups in total. The summed E-state index contributed by atoms with van der Waals surface area (Å²) < 4.78 is 17.5. The van der Waals surface area contributed by atoms with E-state index in [0.717, 1.165) is 31.7 Å². The van der Waals surface area contributed by atoms with Gasteiger partial charge in [-0.2, -0.15) is 0 Å². The van der Waals surface area contributed by atoms with Crippen molar-refractivity contribution >= 4 is 5.91 Å². The van der Waals surface area contributed by atoms with Crippen molar-refractivity contribution in [3.8, 4) is 11.5 Å². The Morgan fingerprint density at radius 2 is 2.00 bits per heavy atom. The Morgan fingerprint density at radius 3 is 2.69 bits per heavy atom. The fraction of sp³-hybridized carbons (Fsp3) is 0.650. The van der Waals surface area contributed by atoms with Crippen LogP contribution < -0.4 is 9.47 Å². The van der Waals surface area contributed by atoms with Gasteiger partial charge < -0.3 is 24.0 Å². The van der Waals surface area contributed by atoms with Crippen LogP contribution >= 0.6 is 0 Å². The minimum Gasteiger partial charge on any atom is -0.490 e. The molecule has 3 heterocycles. The molecule has 0 radical (unpaired) electrons. The smallest absolute Gasteiger partial charge is 0.254 e. The van der Waals surface area contributed by atoms with Crippen LogP contribution in [0.4, 0.5) is 0 Å². The van der Waals surface area contributed by atoms with Crippen LogP contribution in [0.15, 0.2) is 18.2 Å². The standard InChI is InChI=1S/C20H28N2O4/c1-21(2)11-15-6-7-20(26-12-15)13-22(14-20)19(23)16-4-5-17-18(10-16)25-9-3-8-24-17/h4-5,10,15H,3,6-9,11-14H2,1-2H3/t15-/m0/s1. The van der Waals surface area contributed by atoms with Gasteiger partial charge in [-0.15, -0.1) is 0 Å². The van der Waals surface area contributed by atoms with Gasteiger partial charge in [0.1, 0.15) is 5.60 Å². The molecule has 0 aliphatic carbocycles. The third kappa shape index (κ3) is 3.53. The van der Waals surface area contributed by atoms with E-state index in [9.17, 15) is 4.79 Å². The van der Waals surface area contributed by atoms with Crippen molar-refractivity contribution in [3.05, 3.63) is 23.8 Å². The monoisotopic (exact) mass is 360 g/mol. The van der Waals surface area contributed by atoms with Gasteiger partial charge in [-0.05, 0) is 51.1 Å². The number of nitrogens with zero attached hydrogens (tertiary/aromatic N) is 2. The third-order valence-electron chi connectivity index (χ3n) is 5.50. The van der Waals surface area contributed by atoms with E-state index in [0.29, 0.717) is 43.5 Å². The normalized spacial score (nSPS) is 24.3. The molecule has 3 aliphatic heterocycles. The van der Waals surface area contributed by atoms with Gasteiger partial charge in [-0.3, -0.25) is 4.79 Å². The summed E-state index contributed by atoms with van der Waals surface area (Å²) in [6.45, 7) is 4.52. The molecule has 6 nitrogen and oxygen atoms in total. The van der Waals surface area contributed by atoms with Crippen LogP contribution in [-0.2, 0) is 4.74 Å². The van der Waals surface area contributed by atoms with Gasteiger partial charge in [0, 0.05) is 18.5 Å². The van der Waals surface area contributed by atoms with E-state index in [2.05, 4.69) is 19.0 Å². The van der Waals surface area contributed by atoms with Crippen molar-refractivity contribution in [2.75, 3.05) is 53.6 Å². The molecule has 1 atom stereocenters. The molecule has 3 aliphatic rings. The molecule has 0 aromatic heterocycles. The second-order valence-electron chi connectivity index (χ2n) is 8.03. The fourth-order valence-corrected chi connectivity index (χ4v) is 4.10. The third-order valence-corrected chi connectivity index (χ3v) is 5.50. The first-order chi connectivity index (χ1) is 12.5. The SMILES string of the molecule is CN(C)C[C@@H]1CCC2(CN(C(=O)c3ccc4c(c3)OCCCO4)C2)OC1. The molecule has 0 unspecified atom stereocenters. The van der Waals surface area contributed by atoms with E-state index in [-0.39, 0.29) is 11.5 Å². The lowest BCUT2D eigenvalue weighted by Crippen LogP contribution is -2.66. The number of rotatable bonds is 3. The summed E-state index contributed by atoms with van der Waals surface area (Å²) >= 11 is 0. The van der Waals surface area contributed by atoms with Crippen molar-refractivity contribution in [2.45, 2.75) is 24.9 Å². The topological polar surface area (TPSA) is 51.2 Å². The van der Waals surface area contributed by atoms with E-state index >= 15 is 0 Å². The molecule has 1 amide bonds. The number of benzene rings is 1. The van der Waals surface area contributed by atoms with Gasteiger partial charge in [0.25, 0.3) is 5.91 Å². The van der Waals surface area contributed by atoms with Crippen molar-refractivity contribution in [2.24, 2.45) is 5.92 Å². The average Bonchev–Trinajstić information content (AvgIpc) is 2.84. The maximum absolute atomic E-state index is 12.8. The number of hydrogen-bond acceptors (Lipinski definition) is 5. The zero-order valence-electron chi connectivity index (χ0n) is 15.7. The van der Waals surface area contributed by atoms with E-state index in [1.54, 1.807) is 0 Å². The first-order valence-corrected chi connectivity index (χ1v) is 9.52. The highest BCUT2D eigenvalue weighted by Crippen LogP contribution is 2.37. The molecule has 6 heteroatoms. The minimum atomic E-state index is -0.121. The molecule has 1 aromatic carbocycles. The second kappa shape index (κ2) is 7.08. The molecule has 1 aromatic rings. The largest absolute Gasteiger partial charge is 0.490 e. The molecule has 1 spiro atoms. The lowest BCUT2D eigenvalue weighted by molar-refractivity contribution is -0.168. The van der Waals surface area contributed by atoms with Crippen molar-refractivity contribution in [1.82, 2.24) is 9.80 Å². The summed E-state index contributed by atoms with van der Waals surface area (Å²) in [7, 11) is 4.20. The zero-order chi connectivity index (χ0) is 18.1. The molecular weight excluding hydrogens is 332 g/mol. The zero-order valence-corrected chi connectivity index (χ0v) is 15.7. The summed E-state index contributed by atoms with van der Waals surface area (Å²) in [6, 6.07) is 5.48. The fourth-order valence-electron chi connectivity index (χ4n) is 4.10. The van der Waals surface area contributed by atoms with Crippen LogP contribution in [0.25, 0.3) is 0 Å².